The zero-order valence-electron chi connectivity index (χ0n) is 12.7. The van der Waals surface area contributed by atoms with Crippen LogP contribution < -0.4 is 10.1 Å². The van der Waals surface area contributed by atoms with E-state index in [9.17, 15) is 18.0 Å². The Hall–Kier alpha value is -2.13. The SMILES string of the molecule is COc1ccc(C(=O)N[C@@H](C)C(=O)O)cc1S(=O)(=O)N(C)C. The zero-order chi connectivity index (χ0) is 17.1. The van der Waals surface area contributed by atoms with Crippen molar-refractivity contribution in [1.82, 2.24) is 9.62 Å². The number of methoxy groups -OCH3 is 1. The Morgan fingerprint density at radius 3 is 2.36 bits per heavy atom. The Labute approximate surface area is 128 Å². The molecule has 0 bridgehead atoms. The van der Waals surface area contributed by atoms with Crippen molar-refractivity contribution in [3.8, 4) is 5.75 Å². The van der Waals surface area contributed by atoms with E-state index in [-0.39, 0.29) is 16.2 Å². The number of carbonyl (C=O) groups excluding carboxylic acids is 1. The van der Waals surface area contributed by atoms with E-state index in [4.69, 9.17) is 9.84 Å². The van der Waals surface area contributed by atoms with Gasteiger partial charge in [-0.2, -0.15) is 0 Å². The minimum absolute atomic E-state index is 0.0225. The summed E-state index contributed by atoms with van der Waals surface area (Å²) in [6.45, 7) is 1.31. The maximum Gasteiger partial charge on any atom is 0.325 e. The number of carbonyl (C=O) groups is 2. The van der Waals surface area contributed by atoms with Crippen molar-refractivity contribution in [3.05, 3.63) is 23.8 Å². The number of sulfonamides is 1. The maximum absolute atomic E-state index is 12.2. The molecule has 122 valence electrons. The van der Waals surface area contributed by atoms with Crippen molar-refractivity contribution in [3.63, 3.8) is 0 Å². The second-order valence-electron chi connectivity index (χ2n) is 4.69. The van der Waals surface area contributed by atoms with E-state index >= 15 is 0 Å². The number of benzene rings is 1. The quantitative estimate of drug-likeness (QED) is 0.767. The van der Waals surface area contributed by atoms with Gasteiger partial charge in [-0.05, 0) is 25.1 Å². The number of nitrogens with zero attached hydrogens (tertiary/aromatic N) is 1. The summed E-state index contributed by atoms with van der Waals surface area (Å²) in [5, 5.41) is 11.0. The molecule has 0 saturated carbocycles. The fraction of sp³-hybridized carbons (Fsp3) is 0.385. The van der Waals surface area contributed by atoms with Crippen LogP contribution in [0.25, 0.3) is 0 Å². The standard InChI is InChI=1S/C13H18N2O6S/c1-8(13(17)18)14-12(16)9-5-6-10(21-4)11(7-9)22(19,20)15(2)3/h5-8H,1-4H3,(H,14,16)(H,17,18)/t8-/m0/s1. The van der Waals surface area contributed by atoms with Crippen LogP contribution >= 0.6 is 0 Å². The Morgan fingerprint density at radius 1 is 1.32 bits per heavy atom. The van der Waals surface area contributed by atoms with Crippen molar-refractivity contribution >= 4 is 21.9 Å². The number of carboxylic acids is 1. The third kappa shape index (κ3) is 3.74. The first-order chi connectivity index (χ1) is 10.1. The van der Waals surface area contributed by atoms with E-state index in [1.54, 1.807) is 0 Å². The summed E-state index contributed by atoms with van der Waals surface area (Å²) in [6.07, 6.45) is 0. The normalized spacial score (nSPS) is 12.8. The summed E-state index contributed by atoms with van der Waals surface area (Å²) in [4.78, 5) is 22.6. The van der Waals surface area contributed by atoms with Gasteiger partial charge < -0.3 is 15.2 Å². The van der Waals surface area contributed by atoms with Gasteiger partial charge in [-0.1, -0.05) is 0 Å². The molecule has 1 amide bonds. The summed E-state index contributed by atoms with van der Waals surface area (Å²) in [5.41, 5.74) is 0.0225. The minimum atomic E-state index is -3.81. The number of rotatable bonds is 6. The lowest BCUT2D eigenvalue weighted by molar-refractivity contribution is -0.138. The molecule has 1 atom stereocenters. The van der Waals surface area contributed by atoms with Gasteiger partial charge in [-0.3, -0.25) is 9.59 Å². The molecular weight excluding hydrogens is 312 g/mol. The van der Waals surface area contributed by atoms with Crippen molar-refractivity contribution in [2.75, 3.05) is 21.2 Å². The van der Waals surface area contributed by atoms with Gasteiger partial charge in [-0.25, -0.2) is 12.7 Å². The second-order valence-corrected chi connectivity index (χ2v) is 6.81. The molecule has 8 nitrogen and oxygen atoms in total. The molecule has 1 rings (SSSR count). The topological polar surface area (TPSA) is 113 Å². The zero-order valence-corrected chi connectivity index (χ0v) is 13.5. The first-order valence-corrected chi connectivity index (χ1v) is 7.69. The number of aliphatic carboxylic acids is 1. The van der Waals surface area contributed by atoms with Crippen LogP contribution in [0.1, 0.15) is 17.3 Å². The molecule has 0 spiro atoms. The number of nitrogens with one attached hydrogen (secondary N) is 1. The molecule has 0 fully saturated rings. The van der Waals surface area contributed by atoms with Crippen LogP contribution in [0.2, 0.25) is 0 Å². The van der Waals surface area contributed by atoms with Gasteiger partial charge >= 0.3 is 5.97 Å². The van der Waals surface area contributed by atoms with Crippen LogP contribution in [0.4, 0.5) is 0 Å². The Bertz CT molecular complexity index is 684. The Kier molecular flexibility index (Phi) is 5.50. The third-order valence-electron chi connectivity index (χ3n) is 2.90. The van der Waals surface area contributed by atoms with Crippen LogP contribution in [0.5, 0.6) is 5.75 Å². The molecule has 22 heavy (non-hydrogen) atoms. The summed E-state index contributed by atoms with van der Waals surface area (Å²) in [7, 11) is 0.218. The van der Waals surface area contributed by atoms with Gasteiger partial charge in [0.2, 0.25) is 10.0 Å². The molecule has 0 aliphatic rings. The molecule has 0 aromatic heterocycles. The highest BCUT2D eigenvalue weighted by molar-refractivity contribution is 7.89. The number of hydrogen-bond donors (Lipinski definition) is 2. The smallest absolute Gasteiger partial charge is 0.325 e. The van der Waals surface area contributed by atoms with Gasteiger partial charge in [0, 0.05) is 19.7 Å². The Morgan fingerprint density at radius 2 is 1.91 bits per heavy atom. The maximum atomic E-state index is 12.2. The molecule has 0 unspecified atom stereocenters. The summed E-state index contributed by atoms with van der Waals surface area (Å²) in [5.74, 6) is -1.78. The molecule has 0 saturated heterocycles. The first-order valence-electron chi connectivity index (χ1n) is 6.25. The highest BCUT2D eigenvalue weighted by Gasteiger charge is 2.24. The molecule has 1 aromatic carbocycles. The molecule has 0 aliphatic heterocycles. The van der Waals surface area contributed by atoms with E-state index in [0.29, 0.717) is 0 Å². The summed E-state index contributed by atoms with van der Waals surface area (Å²) < 4.78 is 30.5. The first kappa shape index (κ1) is 17.9. The third-order valence-corrected chi connectivity index (χ3v) is 4.74. The highest BCUT2D eigenvalue weighted by atomic mass is 32.2. The average Bonchev–Trinajstić information content (AvgIpc) is 2.45. The highest BCUT2D eigenvalue weighted by Crippen LogP contribution is 2.26. The van der Waals surface area contributed by atoms with Crippen molar-refractivity contribution in [2.45, 2.75) is 17.9 Å². The van der Waals surface area contributed by atoms with Gasteiger partial charge in [0.05, 0.1) is 7.11 Å². The average molecular weight is 330 g/mol. The molecule has 1 aromatic rings. The predicted octanol–water partition coefficient (Wildman–Crippen LogP) is 0.148. The van der Waals surface area contributed by atoms with Crippen LogP contribution in [0.3, 0.4) is 0 Å². The van der Waals surface area contributed by atoms with E-state index in [2.05, 4.69) is 5.32 Å². The van der Waals surface area contributed by atoms with Gasteiger partial charge in [0.1, 0.15) is 16.7 Å². The fourth-order valence-corrected chi connectivity index (χ4v) is 2.63. The van der Waals surface area contributed by atoms with Gasteiger partial charge in [-0.15, -0.1) is 0 Å². The summed E-state index contributed by atoms with van der Waals surface area (Å²) in [6, 6.07) is 2.76. The lowest BCUT2D eigenvalue weighted by Gasteiger charge is -2.16. The van der Waals surface area contributed by atoms with Crippen LogP contribution in [0.15, 0.2) is 23.1 Å². The largest absolute Gasteiger partial charge is 0.495 e. The van der Waals surface area contributed by atoms with Gasteiger partial charge in [0.15, 0.2) is 0 Å². The molecule has 9 heteroatoms. The van der Waals surface area contributed by atoms with Crippen LogP contribution in [-0.2, 0) is 14.8 Å². The fourth-order valence-electron chi connectivity index (χ4n) is 1.56. The molecule has 0 heterocycles. The number of ether oxygens (including phenoxy) is 1. The van der Waals surface area contributed by atoms with Crippen molar-refractivity contribution in [2.24, 2.45) is 0 Å². The van der Waals surface area contributed by atoms with Crippen molar-refractivity contribution < 1.29 is 27.9 Å². The predicted molar refractivity (Wildman–Crippen MR) is 78.4 cm³/mol. The van der Waals surface area contributed by atoms with E-state index in [1.165, 1.54) is 40.3 Å². The lowest BCUT2D eigenvalue weighted by Crippen LogP contribution is -2.38. The van der Waals surface area contributed by atoms with E-state index in [1.807, 2.05) is 0 Å². The number of carboxylic acid groups (broad SMARTS) is 1. The van der Waals surface area contributed by atoms with Crippen molar-refractivity contribution in [1.29, 1.82) is 0 Å². The lowest BCUT2D eigenvalue weighted by atomic mass is 10.2. The Balaban J connectivity index is 3.26. The van der Waals surface area contributed by atoms with Crippen LogP contribution in [-0.4, -0.2) is 57.0 Å². The molecular formula is C13H18N2O6S. The van der Waals surface area contributed by atoms with Gasteiger partial charge in [0.25, 0.3) is 5.91 Å². The minimum Gasteiger partial charge on any atom is -0.495 e. The second kappa shape index (κ2) is 6.75. The monoisotopic (exact) mass is 330 g/mol. The summed E-state index contributed by atoms with van der Waals surface area (Å²) >= 11 is 0. The molecule has 2 N–H and O–H groups in total. The van der Waals surface area contributed by atoms with E-state index in [0.717, 1.165) is 10.4 Å². The molecule has 0 aliphatic carbocycles. The molecule has 0 radical (unpaired) electrons. The number of amides is 1. The number of hydrogen-bond acceptors (Lipinski definition) is 5. The van der Waals surface area contributed by atoms with E-state index < -0.39 is 27.9 Å². The van der Waals surface area contributed by atoms with Crippen LogP contribution in [0, 0.1) is 0 Å².